The fraction of sp³-hybridized carbons (Fsp3) is 0.464. The number of fused-ring (bicyclic) bond motifs is 3. The number of rotatable bonds is 9. The third-order valence-electron chi connectivity index (χ3n) is 7.46. The van der Waals surface area contributed by atoms with Crippen molar-refractivity contribution in [3.05, 3.63) is 59.7 Å². The summed E-state index contributed by atoms with van der Waals surface area (Å²) in [4.78, 5) is 38.7. The quantitative estimate of drug-likeness (QED) is 0.547. The van der Waals surface area contributed by atoms with E-state index in [0.717, 1.165) is 17.5 Å². The molecule has 1 aliphatic carbocycles. The normalized spacial score (nSPS) is 19.7. The average molecular weight is 479 g/mol. The van der Waals surface area contributed by atoms with Gasteiger partial charge in [-0.05, 0) is 41.5 Å². The first kappa shape index (κ1) is 24.8. The second kappa shape index (κ2) is 10.5. The standard InChI is InChI=1S/C28H34N2O5/c1-3-13-28(26(32)33)14-16-30(18-28)25(31)19(2)12-15-29-27(34)35-17-24-22-10-6-4-8-20(22)21-9-5-7-11-23(21)24/h4-11,19,24H,3,12-18H2,1-2H3,(H,29,34)(H,32,33). The molecule has 1 aliphatic heterocycles. The predicted molar refractivity (Wildman–Crippen MR) is 133 cm³/mol. The summed E-state index contributed by atoms with van der Waals surface area (Å²) in [5, 5.41) is 12.4. The molecule has 0 bridgehead atoms. The number of carboxylic acid groups (broad SMARTS) is 1. The number of alkyl carbamates (subject to hydrolysis) is 1. The van der Waals surface area contributed by atoms with E-state index in [0.29, 0.717) is 32.4 Å². The van der Waals surface area contributed by atoms with Crippen molar-refractivity contribution >= 4 is 18.0 Å². The van der Waals surface area contributed by atoms with Crippen LogP contribution in [0.4, 0.5) is 4.79 Å². The molecule has 186 valence electrons. The number of aliphatic carboxylic acids is 1. The van der Waals surface area contributed by atoms with E-state index in [1.165, 1.54) is 11.1 Å². The Morgan fingerprint density at radius 1 is 1.11 bits per heavy atom. The van der Waals surface area contributed by atoms with Crippen molar-refractivity contribution in [1.82, 2.24) is 10.2 Å². The Bertz CT molecular complexity index is 1050. The van der Waals surface area contributed by atoms with Crippen molar-refractivity contribution < 1.29 is 24.2 Å². The topological polar surface area (TPSA) is 95.9 Å². The minimum Gasteiger partial charge on any atom is -0.481 e. The molecule has 2 atom stereocenters. The van der Waals surface area contributed by atoms with Gasteiger partial charge in [-0.1, -0.05) is 68.8 Å². The fourth-order valence-electron chi connectivity index (χ4n) is 5.50. The highest BCUT2D eigenvalue weighted by molar-refractivity contribution is 5.82. The summed E-state index contributed by atoms with van der Waals surface area (Å²) in [6.07, 6.45) is 1.80. The first-order valence-electron chi connectivity index (χ1n) is 12.5. The molecular formula is C28H34N2O5. The molecule has 2 amide bonds. The van der Waals surface area contributed by atoms with Gasteiger partial charge in [0.15, 0.2) is 0 Å². The number of carboxylic acids is 1. The summed E-state index contributed by atoms with van der Waals surface area (Å²) >= 11 is 0. The van der Waals surface area contributed by atoms with Crippen LogP contribution in [0.5, 0.6) is 0 Å². The molecule has 35 heavy (non-hydrogen) atoms. The van der Waals surface area contributed by atoms with Crippen molar-refractivity contribution in [2.75, 3.05) is 26.2 Å². The summed E-state index contributed by atoms with van der Waals surface area (Å²) in [6, 6.07) is 16.4. The molecule has 2 N–H and O–H groups in total. The molecule has 4 rings (SSSR count). The Hall–Kier alpha value is -3.35. The highest BCUT2D eigenvalue weighted by Gasteiger charge is 2.45. The van der Waals surface area contributed by atoms with Crippen molar-refractivity contribution in [2.24, 2.45) is 11.3 Å². The van der Waals surface area contributed by atoms with Gasteiger partial charge < -0.3 is 20.1 Å². The van der Waals surface area contributed by atoms with E-state index in [-0.39, 0.29) is 30.9 Å². The lowest BCUT2D eigenvalue weighted by molar-refractivity contribution is -0.149. The Kier molecular flexibility index (Phi) is 7.43. The largest absolute Gasteiger partial charge is 0.481 e. The van der Waals surface area contributed by atoms with E-state index in [9.17, 15) is 19.5 Å². The summed E-state index contributed by atoms with van der Waals surface area (Å²) in [5.74, 6) is -1.19. The third kappa shape index (κ3) is 5.04. The maximum absolute atomic E-state index is 12.9. The van der Waals surface area contributed by atoms with Gasteiger partial charge in [-0.2, -0.15) is 0 Å². The molecule has 7 heteroatoms. The summed E-state index contributed by atoms with van der Waals surface area (Å²) < 4.78 is 5.55. The summed E-state index contributed by atoms with van der Waals surface area (Å²) in [5.41, 5.74) is 3.84. The van der Waals surface area contributed by atoms with Gasteiger partial charge in [0, 0.05) is 31.5 Å². The Morgan fingerprint density at radius 3 is 2.34 bits per heavy atom. The Morgan fingerprint density at radius 2 is 1.74 bits per heavy atom. The second-order valence-corrected chi connectivity index (χ2v) is 9.79. The van der Waals surface area contributed by atoms with E-state index in [1.54, 1.807) is 4.90 Å². The number of carbonyl (C=O) groups excluding carboxylic acids is 2. The first-order chi connectivity index (χ1) is 16.9. The average Bonchev–Trinajstić information content (AvgIpc) is 3.43. The van der Waals surface area contributed by atoms with E-state index < -0.39 is 17.5 Å². The van der Waals surface area contributed by atoms with Crippen LogP contribution in [0.15, 0.2) is 48.5 Å². The number of hydrogen-bond donors (Lipinski definition) is 2. The van der Waals surface area contributed by atoms with Gasteiger partial charge >= 0.3 is 12.1 Å². The number of amides is 2. The second-order valence-electron chi connectivity index (χ2n) is 9.79. The van der Waals surface area contributed by atoms with Gasteiger partial charge in [0.05, 0.1) is 5.41 Å². The SMILES string of the molecule is CCCC1(C(=O)O)CCN(C(=O)C(C)CCNC(=O)OCC2c3ccccc3-c3ccccc32)C1. The smallest absolute Gasteiger partial charge is 0.407 e. The highest BCUT2D eigenvalue weighted by atomic mass is 16.5. The Labute approximate surface area is 206 Å². The number of benzene rings is 2. The highest BCUT2D eigenvalue weighted by Crippen LogP contribution is 2.44. The van der Waals surface area contributed by atoms with Crippen LogP contribution in [-0.2, 0) is 14.3 Å². The maximum atomic E-state index is 12.9. The predicted octanol–water partition coefficient (Wildman–Crippen LogP) is 4.65. The van der Waals surface area contributed by atoms with Crippen LogP contribution < -0.4 is 5.32 Å². The van der Waals surface area contributed by atoms with Crippen molar-refractivity contribution in [2.45, 2.75) is 45.4 Å². The molecule has 1 fully saturated rings. The zero-order valence-corrected chi connectivity index (χ0v) is 20.5. The molecule has 1 saturated heterocycles. The molecule has 2 unspecified atom stereocenters. The van der Waals surface area contributed by atoms with Crippen molar-refractivity contribution in [1.29, 1.82) is 0 Å². The third-order valence-corrected chi connectivity index (χ3v) is 7.46. The van der Waals surface area contributed by atoms with Gasteiger partial charge in [-0.3, -0.25) is 9.59 Å². The van der Waals surface area contributed by atoms with Crippen LogP contribution in [0, 0.1) is 11.3 Å². The molecule has 0 aromatic heterocycles. The molecule has 0 spiro atoms. The van der Waals surface area contributed by atoms with Crippen molar-refractivity contribution in [3.8, 4) is 11.1 Å². The molecule has 2 aromatic rings. The molecule has 1 heterocycles. The van der Waals surface area contributed by atoms with E-state index in [1.807, 2.05) is 38.1 Å². The van der Waals surface area contributed by atoms with E-state index in [2.05, 4.69) is 29.6 Å². The zero-order valence-electron chi connectivity index (χ0n) is 20.5. The van der Waals surface area contributed by atoms with E-state index >= 15 is 0 Å². The maximum Gasteiger partial charge on any atom is 0.407 e. The molecular weight excluding hydrogens is 444 g/mol. The number of likely N-dealkylation sites (tertiary alicyclic amines) is 1. The Balaban J connectivity index is 1.24. The number of ether oxygens (including phenoxy) is 1. The zero-order chi connectivity index (χ0) is 25.0. The summed E-state index contributed by atoms with van der Waals surface area (Å²) in [6.45, 7) is 5.08. The number of carbonyl (C=O) groups is 3. The van der Waals surface area contributed by atoms with Crippen LogP contribution >= 0.6 is 0 Å². The van der Waals surface area contributed by atoms with Crippen LogP contribution in [0.2, 0.25) is 0 Å². The number of nitrogens with one attached hydrogen (secondary N) is 1. The van der Waals surface area contributed by atoms with Crippen LogP contribution in [-0.4, -0.2) is 54.2 Å². The minimum atomic E-state index is -0.830. The van der Waals surface area contributed by atoms with Crippen LogP contribution in [0.1, 0.15) is 56.6 Å². The van der Waals surface area contributed by atoms with Gasteiger partial charge in [-0.15, -0.1) is 0 Å². The van der Waals surface area contributed by atoms with Gasteiger partial charge in [0.25, 0.3) is 0 Å². The first-order valence-corrected chi connectivity index (χ1v) is 12.5. The van der Waals surface area contributed by atoms with Gasteiger partial charge in [0.2, 0.25) is 5.91 Å². The fourth-order valence-corrected chi connectivity index (χ4v) is 5.50. The molecule has 0 saturated carbocycles. The molecule has 2 aliphatic rings. The molecule has 2 aromatic carbocycles. The number of nitrogens with zero attached hydrogens (tertiary/aromatic N) is 1. The summed E-state index contributed by atoms with van der Waals surface area (Å²) in [7, 11) is 0. The lowest BCUT2D eigenvalue weighted by Gasteiger charge is -2.25. The van der Waals surface area contributed by atoms with E-state index in [4.69, 9.17) is 4.74 Å². The lowest BCUT2D eigenvalue weighted by Crippen LogP contribution is -2.39. The van der Waals surface area contributed by atoms with Crippen LogP contribution in [0.25, 0.3) is 11.1 Å². The molecule has 7 nitrogen and oxygen atoms in total. The minimum absolute atomic E-state index is 0.00133. The van der Waals surface area contributed by atoms with Crippen molar-refractivity contribution in [3.63, 3.8) is 0 Å². The lowest BCUT2D eigenvalue weighted by atomic mass is 9.83. The van der Waals surface area contributed by atoms with Gasteiger partial charge in [0.1, 0.15) is 6.61 Å². The van der Waals surface area contributed by atoms with Gasteiger partial charge in [-0.25, -0.2) is 4.79 Å². The number of hydrogen-bond acceptors (Lipinski definition) is 4. The molecule has 0 radical (unpaired) electrons. The monoisotopic (exact) mass is 478 g/mol. The van der Waals surface area contributed by atoms with Crippen LogP contribution in [0.3, 0.4) is 0 Å².